The normalized spacial score (nSPS) is 15.7. The molecule has 0 aromatic heterocycles. The van der Waals surface area contributed by atoms with Crippen molar-refractivity contribution in [2.75, 3.05) is 0 Å². The van der Waals surface area contributed by atoms with Crippen LogP contribution in [0.15, 0.2) is 0 Å². The smallest absolute Gasteiger partial charge is 0.199 e. The Kier molecular flexibility index (Phi) is 7.14. The molecular weight excluding hydrogens is 449 g/mol. The van der Waals surface area contributed by atoms with Gasteiger partial charge in [0, 0.05) is 23.5 Å². The van der Waals surface area contributed by atoms with Gasteiger partial charge in [0.2, 0.25) is 0 Å². The summed E-state index contributed by atoms with van der Waals surface area (Å²) in [5, 5.41) is 0. The zero-order valence-electron chi connectivity index (χ0n) is 9.32. The maximum atomic E-state index is 11.1. The Morgan fingerprint density at radius 3 is 1.35 bits per heavy atom. The highest BCUT2D eigenvalue weighted by molar-refractivity contribution is 9.18. The fraction of sp³-hybridized carbons (Fsp3) is 0. The van der Waals surface area contributed by atoms with Crippen molar-refractivity contribution in [2.45, 2.75) is 0 Å². The van der Waals surface area contributed by atoms with Crippen LogP contribution in [0, 0.1) is 0 Å². The molecule has 0 saturated heterocycles. The Bertz CT molecular complexity index is 543. The molecule has 1 atom stereocenters. The predicted molar refractivity (Wildman–Crippen MR) is 124 cm³/mol. The third-order valence-electron chi connectivity index (χ3n) is 2.42. The van der Waals surface area contributed by atoms with E-state index in [1.165, 1.54) is 23.5 Å². The molecule has 110 valence electrons. The lowest BCUT2D eigenvalue weighted by Gasteiger charge is -2.64. The van der Waals surface area contributed by atoms with Gasteiger partial charge in [-0.1, -0.05) is 97.7 Å². The first-order valence-corrected chi connectivity index (χ1v) is 11.7. The van der Waals surface area contributed by atoms with Crippen LogP contribution in [0.4, 0.5) is 0 Å². The minimum Gasteiger partial charge on any atom is -0.302 e. The quantitative estimate of drug-likeness (QED) is 0.452. The fourth-order valence-electron chi connectivity index (χ4n) is 0.876. The second-order valence-electron chi connectivity index (χ2n) is 3.58. The fourth-order valence-corrected chi connectivity index (χ4v) is 12.6. The summed E-state index contributed by atoms with van der Waals surface area (Å²) in [6.45, 7) is 0. The molecule has 20 heavy (non-hydrogen) atoms. The third kappa shape index (κ3) is 2.73. The van der Waals surface area contributed by atoms with Gasteiger partial charge in [-0.15, -0.1) is 8.29 Å². The van der Waals surface area contributed by atoms with E-state index in [-0.39, 0.29) is 9.06 Å². The first-order valence-electron chi connectivity index (χ1n) is 4.23. The molecule has 1 N–H and O–H groups in total. The maximum Gasteiger partial charge on any atom is 0.199 e. The minimum atomic E-state index is -4.27. The summed E-state index contributed by atoms with van der Waals surface area (Å²) in [6, 6.07) is 0. The van der Waals surface area contributed by atoms with Crippen LogP contribution in [0.3, 0.4) is 0 Å². The molecule has 12 heteroatoms. The molecule has 0 aromatic carbocycles. The van der Waals surface area contributed by atoms with Crippen LogP contribution < -0.4 is 0 Å². The van der Waals surface area contributed by atoms with Gasteiger partial charge in [-0.05, 0) is 0 Å². The molecule has 0 aliphatic rings. The third-order valence-corrected chi connectivity index (χ3v) is 18.2. The van der Waals surface area contributed by atoms with Gasteiger partial charge in [-0.25, -0.2) is 4.21 Å². The van der Waals surface area contributed by atoms with Crippen LogP contribution in [0.2, 0.25) is 0 Å². The molecule has 0 aliphatic carbocycles. The Balaban J connectivity index is 6.75. The van der Waals surface area contributed by atoms with E-state index < -0.39 is 23.6 Å². The number of hydrogen-bond donors (Lipinski definition) is 1. The summed E-state index contributed by atoms with van der Waals surface area (Å²) in [7, 11) is -4.27. The summed E-state index contributed by atoms with van der Waals surface area (Å²) < 4.78 is 25.7. The average molecular weight is 455 g/mol. The second kappa shape index (κ2) is 6.74. The minimum absolute atomic E-state index is 0.0857. The highest BCUT2D eigenvalue weighted by atomic mass is 32.4. The van der Waals surface area contributed by atoms with Crippen molar-refractivity contribution in [3.63, 3.8) is 0 Å². The van der Waals surface area contributed by atoms with E-state index in [0.717, 1.165) is 0 Å². The molecule has 0 heterocycles. The summed E-state index contributed by atoms with van der Waals surface area (Å²) in [5.41, 5.74) is 0. The summed E-state index contributed by atoms with van der Waals surface area (Å²) >= 11 is 38.0. The van der Waals surface area contributed by atoms with E-state index in [1.54, 1.807) is 0 Å². The lowest BCUT2D eigenvalue weighted by atomic mass is 10.5. The van der Waals surface area contributed by atoms with Gasteiger partial charge in [0.05, 0.1) is 9.06 Å². The molecule has 0 amide bonds. The highest BCUT2D eigenvalue weighted by Crippen LogP contribution is 2.81. The number of rotatable bonds is 7. The van der Waals surface area contributed by atoms with Crippen molar-refractivity contribution in [3.8, 4) is 0 Å². The highest BCUT2D eigenvalue weighted by Gasteiger charge is 2.58. The standard InChI is InChI=1S/C8H6O2S10/c9-19(10)7(17)6(16)8(18)20(1-11,2-12,3-13,4-14)5-15/h1-5H,(H,9,10). The lowest BCUT2D eigenvalue weighted by Crippen LogP contribution is -2.50. The van der Waals surface area contributed by atoms with Crippen LogP contribution in [0.25, 0.3) is 0 Å². The zero-order valence-corrected chi connectivity index (χ0v) is 17.5. The van der Waals surface area contributed by atoms with Gasteiger partial charge < -0.3 is 4.55 Å². The molecule has 0 radical (unpaired) electrons. The molecule has 2 nitrogen and oxygen atoms in total. The molecule has 0 aromatic rings. The molecule has 0 aliphatic heterocycles. The maximum absolute atomic E-state index is 11.1. The van der Waals surface area contributed by atoms with Crippen molar-refractivity contribution in [2.24, 2.45) is 0 Å². The topological polar surface area (TPSA) is 37.3 Å². The number of hydrogen-bond acceptors (Lipinski definition) is 9. The Hall–Kier alpha value is 1.18. The zero-order chi connectivity index (χ0) is 16.3. The Morgan fingerprint density at radius 1 is 0.850 bits per heavy atom. The summed E-state index contributed by atoms with van der Waals surface area (Å²) in [4.78, 5) is -0.219. The van der Waals surface area contributed by atoms with Crippen molar-refractivity contribution < 1.29 is 8.76 Å². The first-order chi connectivity index (χ1) is 9.10. The van der Waals surface area contributed by atoms with E-state index in [1.807, 2.05) is 0 Å². The van der Waals surface area contributed by atoms with Crippen LogP contribution in [-0.2, 0) is 11.1 Å². The average Bonchev–Trinajstić information content (AvgIpc) is 2.50. The van der Waals surface area contributed by atoms with Gasteiger partial charge in [0.25, 0.3) is 0 Å². The van der Waals surface area contributed by atoms with Gasteiger partial charge in [0.1, 0.15) is 4.20 Å². The molecule has 0 rings (SSSR count). The van der Waals surface area contributed by atoms with E-state index in [0.29, 0.717) is 0 Å². The number of thiocarbonyl (C=S) groups is 8. The van der Waals surface area contributed by atoms with Crippen molar-refractivity contribution in [3.05, 3.63) is 0 Å². The Morgan fingerprint density at radius 2 is 1.15 bits per heavy atom. The molecule has 0 bridgehead atoms. The Labute approximate surface area is 161 Å². The monoisotopic (exact) mass is 454 g/mol. The SMILES string of the molecule is O=S(O)C(=S)C(=S)C(=S)S(C=S)(C=S)(C=S)(C=S)C=S. The van der Waals surface area contributed by atoms with Crippen LogP contribution in [0.1, 0.15) is 0 Å². The second-order valence-corrected chi connectivity index (χ2v) is 14.4. The van der Waals surface area contributed by atoms with Crippen molar-refractivity contribution in [1.82, 2.24) is 0 Å². The van der Waals surface area contributed by atoms with Crippen molar-refractivity contribution >= 4 is 154 Å². The van der Waals surface area contributed by atoms with E-state index >= 15 is 0 Å². The van der Waals surface area contributed by atoms with Gasteiger partial charge in [-0.3, -0.25) is 0 Å². The van der Waals surface area contributed by atoms with E-state index in [4.69, 9.17) is 102 Å². The molecule has 0 saturated carbocycles. The van der Waals surface area contributed by atoms with Crippen molar-refractivity contribution in [1.29, 1.82) is 0 Å². The van der Waals surface area contributed by atoms with E-state index in [2.05, 4.69) is 0 Å². The molecule has 0 fully saturated rings. The summed E-state index contributed by atoms with van der Waals surface area (Å²) in [6.07, 6.45) is 0. The first kappa shape index (κ1) is 21.2. The van der Waals surface area contributed by atoms with Gasteiger partial charge in [0.15, 0.2) is 11.1 Å². The van der Waals surface area contributed by atoms with Crippen LogP contribution in [0.5, 0.6) is 0 Å². The van der Waals surface area contributed by atoms with Crippen LogP contribution in [-0.4, -0.2) is 45.5 Å². The summed E-state index contributed by atoms with van der Waals surface area (Å²) in [5.74, 6) is 0. The molecule has 1 unspecified atom stereocenters. The lowest BCUT2D eigenvalue weighted by molar-refractivity contribution is 0.578. The predicted octanol–water partition coefficient (Wildman–Crippen LogP) is 3.89. The van der Waals surface area contributed by atoms with Crippen LogP contribution >= 0.6 is 106 Å². The largest absolute Gasteiger partial charge is 0.302 e. The van der Waals surface area contributed by atoms with Gasteiger partial charge >= 0.3 is 0 Å². The van der Waals surface area contributed by atoms with E-state index in [9.17, 15) is 4.21 Å². The molecule has 0 spiro atoms. The molecular formula is C8H6O2S10. The van der Waals surface area contributed by atoms with Gasteiger partial charge in [-0.2, -0.15) is 0 Å².